The van der Waals surface area contributed by atoms with Gasteiger partial charge in [-0.2, -0.15) is 0 Å². The van der Waals surface area contributed by atoms with Gasteiger partial charge in [0.15, 0.2) is 31.0 Å². The molecule has 0 bridgehead atoms. The molecule has 5 aromatic heterocycles. The van der Waals surface area contributed by atoms with Gasteiger partial charge in [0.05, 0.1) is 29.2 Å². The standard InChI is InChI=1S/C24H26N.C23H23FN.C23H24N.2C22H21FN/c1-15-11-12-21(25(6)14-15)22-17(3)16(2)13-19-18-9-7-8-10-20(18)24(4,5)23(19)22;1-14-10-11-19(25(5)13-14)20-15(2)12-18(24)21-16-8-6-7-9-17(16)23(3,4)22(20)21;1-15-10-13-20(24(5)14-15)21-16(2)11-12-18-17-8-6-7-9-19(17)23(3,4)22(18)21;1-14-11-12-15-20-16(8-7-9-17(20)23)22(2,3)21(15)19(14)18-10-5-6-13-24(18)4;1-14-8-10-16-17-13-15(23)9-11-18(17)22(2,3)21(16)20(14)19-7-5-6-12-24(19)4/h7-14H,1-6H3;6-13H,1-5H3;6-14H,1-5H3;2*5-13H,1-4H3/q5*+1/i;;12D;;. The summed E-state index contributed by atoms with van der Waals surface area (Å²) in [5.41, 5.74) is 46.2. The van der Waals surface area contributed by atoms with Crippen LogP contribution in [0, 0.1) is 79.8 Å². The van der Waals surface area contributed by atoms with E-state index in [0.717, 1.165) is 72.6 Å². The molecule has 5 nitrogen and oxygen atoms in total. The molecule has 0 amide bonds. The summed E-state index contributed by atoms with van der Waals surface area (Å²) < 4.78 is 63.1. The van der Waals surface area contributed by atoms with Crippen molar-refractivity contribution in [2.24, 2.45) is 35.2 Å². The molecule has 20 rings (SSSR count). The number of aromatic nitrogens is 5. The highest BCUT2D eigenvalue weighted by Gasteiger charge is 2.46. The normalized spacial score (nSPS) is 14.5. The van der Waals surface area contributed by atoms with Crippen LogP contribution in [0.2, 0.25) is 0 Å². The quantitative estimate of drug-likeness (QED) is 0.153. The molecule has 0 aliphatic heterocycles. The molecule has 0 radical (unpaired) electrons. The molecule has 8 heteroatoms. The van der Waals surface area contributed by atoms with E-state index in [9.17, 15) is 8.78 Å². The van der Waals surface area contributed by atoms with Gasteiger partial charge in [0, 0.05) is 97.4 Å². The van der Waals surface area contributed by atoms with Crippen LogP contribution >= 0.6 is 0 Å². The zero-order valence-corrected chi connectivity index (χ0v) is 75.6. The van der Waals surface area contributed by atoms with Crippen LogP contribution in [0.1, 0.15) is 176 Å². The van der Waals surface area contributed by atoms with Crippen molar-refractivity contribution in [1.29, 1.82) is 0 Å². The van der Waals surface area contributed by atoms with E-state index in [0.29, 0.717) is 6.04 Å². The first-order valence-corrected chi connectivity index (χ1v) is 42.9. The first kappa shape index (κ1) is 82.1. The highest BCUT2D eigenvalue weighted by atomic mass is 19.1. The van der Waals surface area contributed by atoms with E-state index in [1.165, 1.54) is 145 Å². The molecule has 0 N–H and O–H groups in total. The average Bonchev–Trinajstić information content (AvgIpc) is 1.58. The second-order valence-corrected chi connectivity index (χ2v) is 37.5. The van der Waals surface area contributed by atoms with Gasteiger partial charge < -0.3 is 0 Å². The molecule has 15 aromatic rings. The van der Waals surface area contributed by atoms with E-state index >= 15 is 4.39 Å². The average molecular weight is 1610 g/mol. The monoisotopic (exact) mass is 1610 g/mol. The number of aryl methyl sites for hydroxylation is 13. The van der Waals surface area contributed by atoms with Crippen molar-refractivity contribution in [3.63, 3.8) is 0 Å². The van der Waals surface area contributed by atoms with Crippen LogP contribution in [-0.2, 0) is 62.3 Å². The Morgan fingerprint density at radius 2 is 0.631 bits per heavy atom. The third kappa shape index (κ3) is 13.7. The molecule has 5 aliphatic rings. The Hall–Kier alpha value is -12.3. The van der Waals surface area contributed by atoms with E-state index in [2.05, 4.69) is 365 Å². The minimum Gasteiger partial charge on any atom is -0.207 e. The van der Waals surface area contributed by atoms with E-state index in [1.54, 1.807) is 24.3 Å². The molecule has 10 aromatic carbocycles. The molecule has 0 atom stereocenters. The fourth-order valence-corrected chi connectivity index (χ4v) is 21.3. The van der Waals surface area contributed by atoms with Crippen LogP contribution in [0.5, 0.6) is 0 Å². The summed E-state index contributed by atoms with van der Waals surface area (Å²) in [6.45, 7) is 41.9. The summed E-state index contributed by atoms with van der Waals surface area (Å²) in [6.07, 6.45) is 10.6. The first-order chi connectivity index (χ1) is 58.3. The lowest BCUT2D eigenvalue weighted by Crippen LogP contribution is -2.32. The van der Waals surface area contributed by atoms with Crippen LogP contribution in [0.25, 0.3) is 112 Å². The van der Waals surface area contributed by atoms with Gasteiger partial charge in [-0.15, -0.1) is 0 Å². The largest absolute Gasteiger partial charge is 0.212 e. The van der Waals surface area contributed by atoms with Gasteiger partial charge in [-0.25, -0.2) is 36.0 Å². The number of pyridine rings is 5. The van der Waals surface area contributed by atoms with Crippen molar-refractivity contribution in [1.82, 2.24) is 0 Å². The van der Waals surface area contributed by atoms with Gasteiger partial charge in [-0.1, -0.05) is 203 Å². The van der Waals surface area contributed by atoms with Crippen LogP contribution in [0.4, 0.5) is 13.2 Å². The van der Waals surface area contributed by atoms with Crippen LogP contribution in [0.3, 0.4) is 0 Å². The van der Waals surface area contributed by atoms with Crippen LogP contribution in [-0.4, -0.2) is 0 Å². The van der Waals surface area contributed by atoms with E-state index in [4.69, 9.17) is 1.37 Å². The Morgan fingerprint density at radius 3 is 1.14 bits per heavy atom. The predicted molar refractivity (Wildman–Crippen MR) is 496 cm³/mol. The molecule has 0 saturated carbocycles. The highest BCUT2D eigenvalue weighted by Crippen LogP contribution is 2.59. The van der Waals surface area contributed by atoms with Gasteiger partial charge in [0.1, 0.15) is 52.7 Å². The van der Waals surface area contributed by atoms with Gasteiger partial charge in [-0.3, -0.25) is 0 Å². The number of hydrogen-bond donors (Lipinski definition) is 0. The molecule has 5 aliphatic carbocycles. The third-order valence-corrected chi connectivity index (χ3v) is 27.4. The van der Waals surface area contributed by atoms with Crippen LogP contribution in [0.15, 0.2) is 261 Å². The lowest BCUT2D eigenvalue weighted by molar-refractivity contribution is -0.660. The molecular weight excluding hydrogens is 1500 g/mol. The maximum Gasteiger partial charge on any atom is 0.212 e. The van der Waals surface area contributed by atoms with E-state index in [1.807, 2.05) is 55.5 Å². The summed E-state index contributed by atoms with van der Waals surface area (Å²) in [5, 5.41) is 0. The molecule has 122 heavy (non-hydrogen) atoms. The van der Waals surface area contributed by atoms with Crippen molar-refractivity contribution < 1.29 is 37.4 Å². The summed E-state index contributed by atoms with van der Waals surface area (Å²) in [7, 11) is 10.5. The SMILES string of the molecule is Cc1ccc(-c2c(C)c(C)cc3c2C(C)(C)c2ccccc2-3)[n+](C)c1.Cc1ccc(-c2c(C)cc(F)c3c2C(C)(C)c2ccccc2-3)[n+](C)c1.Cc1ccc2c(c1-c1cccc[n+]1C)C(C)(C)c1ccc(F)cc1-2.Cc1ccc2c(c1-c1cccc[n+]1C)C(C)(C)c1cccc(F)c1-2.[2H]c1cc(C)c(-c2ccc(C)c[n+]2C)c2c1-c1ccccc1C2(C)C. The van der Waals surface area contributed by atoms with Crippen molar-refractivity contribution in [3.8, 4) is 112 Å². The summed E-state index contributed by atoms with van der Waals surface area (Å²) in [6, 6.07) is 77.1. The fourth-order valence-electron chi connectivity index (χ4n) is 21.3. The number of nitrogens with zero attached hydrogens (tertiary/aromatic N) is 5. The molecule has 612 valence electrons. The molecular formula is C114H115F3N5+5. The predicted octanol–water partition coefficient (Wildman–Crippen LogP) is 25.6. The molecule has 0 fully saturated rings. The second-order valence-electron chi connectivity index (χ2n) is 37.5. The van der Waals surface area contributed by atoms with Gasteiger partial charge >= 0.3 is 0 Å². The molecule has 0 saturated heterocycles. The zero-order chi connectivity index (χ0) is 87.9. The third-order valence-electron chi connectivity index (χ3n) is 27.4. The van der Waals surface area contributed by atoms with E-state index < -0.39 is 0 Å². The number of fused-ring (bicyclic) bond motifs is 15. The Morgan fingerprint density at radius 1 is 0.246 bits per heavy atom. The van der Waals surface area contributed by atoms with Crippen molar-refractivity contribution >= 4 is 0 Å². The zero-order valence-electron chi connectivity index (χ0n) is 76.6. The van der Waals surface area contributed by atoms with Gasteiger partial charge in [0.2, 0.25) is 28.5 Å². The molecule has 5 heterocycles. The summed E-state index contributed by atoms with van der Waals surface area (Å²) in [5.74, 6) is -0.430. The number of halogens is 3. The van der Waals surface area contributed by atoms with Gasteiger partial charge in [0.25, 0.3) is 0 Å². The lowest BCUT2D eigenvalue weighted by Gasteiger charge is -2.25. The van der Waals surface area contributed by atoms with Crippen molar-refractivity contribution in [3.05, 3.63) is 385 Å². The van der Waals surface area contributed by atoms with Crippen molar-refractivity contribution in [2.45, 2.75) is 159 Å². The molecule has 0 spiro atoms. The topological polar surface area (TPSA) is 19.4 Å². The minimum atomic E-state index is -0.230. The molecule has 0 unspecified atom stereocenters. The number of rotatable bonds is 5. The second kappa shape index (κ2) is 31.0. The summed E-state index contributed by atoms with van der Waals surface area (Å²) in [4.78, 5) is 0. The van der Waals surface area contributed by atoms with E-state index in [-0.39, 0.29) is 44.5 Å². The first-order valence-electron chi connectivity index (χ1n) is 43.4. The number of hydrogen-bond acceptors (Lipinski definition) is 0. The maximum absolute atomic E-state index is 15.0. The summed E-state index contributed by atoms with van der Waals surface area (Å²) >= 11 is 0. The number of benzene rings is 10. The van der Waals surface area contributed by atoms with Gasteiger partial charge in [-0.05, 0) is 250 Å². The highest BCUT2D eigenvalue weighted by molar-refractivity contribution is 5.94. The Kier molecular flexibility index (Phi) is 20.9. The lowest BCUT2D eigenvalue weighted by atomic mass is 9.77. The smallest absolute Gasteiger partial charge is 0.207 e. The van der Waals surface area contributed by atoms with Crippen LogP contribution < -0.4 is 22.8 Å². The minimum absolute atomic E-state index is 0.0115. The Bertz CT molecular complexity index is 6720. The Labute approximate surface area is 723 Å². The Balaban J connectivity index is 0.000000114. The van der Waals surface area contributed by atoms with Crippen molar-refractivity contribution in [2.75, 3.05) is 0 Å². The maximum atomic E-state index is 15.0. The fraction of sp³-hybridized carbons (Fsp3) is 0.254.